The van der Waals surface area contributed by atoms with E-state index in [0.717, 1.165) is 36.8 Å². The summed E-state index contributed by atoms with van der Waals surface area (Å²) in [6.07, 6.45) is 3.41. The van der Waals surface area contributed by atoms with Gasteiger partial charge in [-0.2, -0.15) is 0 Å². The molecular formula is C14H20O3. The molecule has 0 aliphatic carbocycles. The maximum atomic E-state index is 11.8. The van der Waals surface area contributed by atoms with Crippen LogP contribution in [-0.4, -0.2) is 18.2 Å². The van der Waals surface area contributed by atoms with Crippen LogP contribution >= 0.6 is 0 Å². The number of ether oxygens (including phenoxy) is 1. The van der Waals surface area contributed by atoms with Gasteiger partial charge < -0.3 is 9.84 Å². The van der Waals surface area contributed by atoms with Crippen LogP contribution in [0, 0.1) is 0 Å². The number of aromatic hydroxyl groups is 1. The van der Waals surface area contributed by atoms with Gasteiger partial charge in [0.1, 0.15) is 5.75 Å². The van der Waals surface area contributed by atoms with E-state index < -0.39 is 0 Å². The Morgan fingerprint density at radius 2 is 1.65 bits per heavy atom. The van der Waals surface area contributed by atoms with E-state index in [0.29, 0.717) is 5.56 Å². The molecule has 94 valence electrons. The van der Waals surface area contributed by atoms with Crippen molar-refractivity contribution in [1.82, 2.24) is 0 Å². The van der Waals surface area contributed by atoms with Crippen LogP contribution in [0.1, 0.15) is 48.2 Å². The van der Waals surface area contributed by atoms with Crippen LogP contribution in [-0.2, 0) is 17.6 Å². The number of hydrogen-bond donors (Lipinski definition) is 1. The minimum absolute atomic E-state index is 0.226. The fraction of sp³-hybridized carbons (Fsp3) is 0.500. The van der Waals surface area contributed by atoms with Gasteiger partial charge in [-0.3, -0.25) is 0 Å². The third-order valence-electron chi connectivity index (χ3n) is 2.71. The molecule has 0 saturated carbocycles. The number of aryl methyl sites for hydroxylation is 2. The summed E-state index contributed by atoms with van der Waals surface area (Å²) in [7, 11) is 1.39. The van der Waals surface area contributed by atoms with Crippen molar-refractivity contribution in [1.29, 1.82) is 0 Å². The molecule has 0 amide bonds. The summed E-state index contributed by atoms with van der Waals surface area (Å²) in [5.74, 6) is -0.0820. The molecule has 0 heterocycles. The van der Waals surface area contributed by atoms with Gasteiger partial charge in [0.15, 0.2) is 0 Å². The minimum atomic E-state index is -0.308. The standard InChI is InChI=1S/C14H20O3/c1-4-6-10-8-12(15)9-11(7-5-2)13(10)14(16)17-3/h8-9,15H,4-7H2,1-3H3. The van der Waals surface area contributed by atoms with Gasteiger partial charge in [0, 0.05) is 0 Å². The van der Waals surface area contributed by atoms with E-state index in [9.17, 15) is 9.90 Å². The van der Waals surface area contributed by atoms with Crippen molar-refractivity contribution < 1.29 is 14.6 Å². The molecule has 0 unspecified atom stereocenters. The zero-order chi connectivity index (χ0) is 12.8. The number of phenols is 1. The summed E-state index contributed by atoms with van der Waals surface area (Å²) in [6, 6.07) is 3.32. The molecule has 1 aromatic carbocycles. The SMILES string of the molecule is CCCc1cc(O)cc(CCC)c1C(=O)OC. The van der Waals surface area contributed by atoms with Gasteiger partial charge in [-0.15, -0.1) is 0 Å². The van der Waals surface area contributed by atoms with E-state index in [1.54, 1.807) is 12.1 Å². The Kier molecular flexibility index (Phi) is 5.01. The number of phenolic OH excluding ortho intramolecular Hbond substituents is 1. The van der Waals surface area contributed by atoms with Crippen LogP contribution < -0.4 is 0 Å². The molecule has 1 rings (SSSR count). The Morgan fingerprint density at radius 1 is 1.18 bits per heavy atom. The highest BCUT2D eigenvalue weighted by Crippen LogP contribution is 2.25. The molecule has 0 spiro atoms. The molecule has 3 heteroatoms. The van der Waals surface area contributed by atoms with E-state index in [-0.39, 0.29) is 11.7 Å². The van der Waals surface area contributed by atoms with Crippen molar-refractivity contribution in [3.63, 3.8) is 0 Å². The third kappa shape index (κ3) is 3.22. The van der Waals surface area contributed by atoms with Crippen LogP contribution in [0.3, 0.4) is 0 Å². The summed E-state index contributed by atoms with van der Waals surface area (Å²) >= 11 is 0. The van der Waals surface area contributed by atoms with Gasteiger partial charge in [-0.05, 0) is 36.1 Å². The Hall–Kier alpha value is -1.51. The molecule has 1 N–H and O–H groups in total. The van der Waals surface area contributed by atoms with Gasteiger partial charge in [-0.1, -0.05) is 26.7 Å². The minimum Gasteiger partial charge on any atom is -0.508 e. The van der Waals surface area contributed by atoms with Crippen molar-refractivity contribution in [2.24, 2.45) is 0 Å². The van der Waals surface area contributed by atoms with Crippen LogP contribution in [0.4, 0.5) is 0 Å². The van der Waals surface area contributed by atoms with Gasteiger partial charge in [0.05, 0.1) is 12.7 Å². The summed E-state index contributed by atoms with van der Waals surface area (Å²) < 4.78 is 4.83. The Morgan fingerprint density at radius 3 is 2.00 bits per heavy atom. The second-order valence-corrected chi connectivity index (χ2v) is 4.13. The first-order valence-corrected chi connectivity index (χ1v) is 6.07. The van der Waals surface area contributed by atoms with E-state index in [2.05, 4.69) is 0 Å². The maximum Gasteiger partial charge on any atom is 0.338 e. The molecule has 0 atom stereocenters. The molecule has 3 nitrogen and oxygen atoms in total. The lowest BCUT2D eigenvalue weighted by molar-refractivity contribution is 0.0598. The average Bonchev–Trinajstić information content (AvgIpc) is 2.28. The summed E-state index contributed by atoms with van der Waals surface area (Å²) in [5, 5.41) is 9.67. The summed E-state index contributed by atoms with van der Waals surface area (Å²) in [4.78, 5) is 11.8. The second kappa shape index (κ2) is 6.28. The van der Waals surface area contributed by atoms with Gasteiger partial charge in [0.25, 0.3) is 0 Å². The van der Waals surface area contributed by atoms with Crippen LogP contribution in [0.15, 0.2) is 12.1 Å². The fourth-order valence-electron chi connectivity index (χ4n) is 2.05. The summed E-state index contributed by atoms with van der Waals surface area (Å²) in [5.41, 5.74) is 2.39. The van der Waals surface area contributed by atoms with Gasteiger partial charge in [0.2, 0.25) is 0 Å². The molecular weight excluding hydrogens is 216 g/mol. The zero-order valence-electron chi connectivity index (χ0n) is 10.7. The monoisotopic (exact) mass is 236 g/mol. The first kappa shape index (κ1) is 13.6. The number of carbonyl (C=O) groups excluding carboxylic acids is 1. The molecule has 1 aromatic rings. The van der Waals surface area contributed by atoms with Crippen molar-refractivity contribution in [2.75, 3.05) is 7.11 Å². The maximum absolute atomic E-state index is 11.8. The number of benzene rings is 1. The van der Waals surface area contributed by atoms with E-state index in [1.165, 1.54) is 7.11 Å². The smallest absolute Gasteiger partial charge is 0.338 e. The van der Waals surface area contributed by atoms with E-state index in [1.807, 2.05) is 13.8 Å². The van der Waals surface area contributed by atoms with Crippen molar-refractivity contribution >= 4 is 5.97 Å². The first-order valence-electron chi connectivity index (χ1n) is 6.07. The predicted molar refractivity (Wildman–Crippen MR) is 67.4 cm³/mol. The quantitative estimate of drug-likeness (QED) is 0.799. The van der Waals surface area contributed by atoms with Crippen LogP contribution in [0.25, 0.3) is 0 Å². The lowest BCUT2D eigenvalue weighted by atomic mass is 9.95. The highest BCUT2D eigenvalue weighted by atomic mass is 16.5. The van der Waals surface area contributed by atoms with Gasteiger partial charge >= 0.3 is 5.97 Å². The Bertz CT molecular complexity index is 369. The van der Waals surface area contributed by atoms with Crippen LogP contribution in [0.5, 0.6) is 5.75 Å². The molecule has 0 aliphatic rings. The fourth-order valence-corrected chi connectivity index (χ4v) is 2.05. The van der Waals surface area contributed by atoms with Gasteiger partial charge in [-0.25, -0.2) is 4.79 Å². The van der Waals surface area contributed by atoms with Crippen molar-refractivity contribution in [2.45, 2.75) is 39.5 Å². The molecule has 0 bridgehead atoms. The average molecular weight is 236 g/mol. The zero-order valence-corrected chi connectivity index (χ0v) is 10.7. The molecule has 17 heavy (non-hydrogen) atoms. The first-order chi connectivity index (χ1) is 8.13. The number of methoxy groups -OCH3 is 1. The number of esters is 1. The van der Waals surface area contributed by atoms with Crippen molar-refractivity contribution in [3.8, 4) is 5.75 Å². The molecule has 0 aliphatic heterocycles. The lowest BCUT2D eigenvalue weighted by Gasteiger charge is -2.13. The second-order valence-electron chi connectivity index (χ2n) is 4.13. The lowest BCUT2D eigenvalue weighted by Crippen LogP contribution is -2.10. The third-order valence-corrected chi connectivity index (χ3v) is 2.71. The normalized spacial score (nSPS) is 10.3. The number of carbonyl (C=O) groups is 1. The topological polar surface area (TPSA) is 46.5 Å². The molecule has 0 aromatic heterocycles. The Balaban J connectivity index is 3.30. The molecule has 0 radical (unpaired) electrons. The van der Waals surface area contributed by atoms with Crippen LogP contribution in [0.2, 0.25) is 0 Å². The largest absolute Gasteiger partial charge is 0.508 e. The summed E-state index contributed by atoms with van der Waals surface area (Å²) in [6.45, 7) is 4.09. The number of hydrogen-bond acceptors (Lipinski definition) is 3. The highest BCUT2D eigenvalue weighted by molar-refractivity contribution is 5.93. The van der Waals surface area contributed by atoms with E-state index in [4.69, 9.17) is 4.74 Å². The molecule has 0 fully saturated rings. The van der Waals surface area contributed by atoms with E-state index >= 15 is 0 Å². The van der Waals surface area contributed by atoms with Crippen molar-refractivity contribution in [3.05, 3.63) is 28.8 Å². The highest BCUT2D eigenvalue weighted by Gasteiger charge is 2.17. The Labute approximate surface area is 102 Å². The predicted octanol–water partition coefficient (Wildman–Crippen LogP) is 3.08. The number of rotatable bonds is 5. The molecule has 0 saturated heterocycles.